The molecule has 2 aliphatic heterocycles. The first-order valence-corrected chi connectivity index (χ1v) is 14.4. The van der Waals surface area contributed by atoms with Crippen LogP contribution < -0.4 is 11.2 Å². The van der Waals surface area contributed by atoms with E-state index >= 15 is 0 Å². The maximum atomic E-state index is 11.9. The Kier molecular flexibility index (Phi) is 3.53. The summed E-state index contributed by atoms with van der Waals surface area (Å²) in [5.74, 6) is 0. The van der Waals surface area contributed by atoms with Crippen molar-refractivity contribution in [2.24, 2.45) is 0 Å². The third-order valence-electron chi connectivity index (χ3n) is 3.43. The molecule has 0 aromatic carbocycles. The van der Waals surface area contributed by atoms with Gasteiger partial charge in [0.05, 0.1) is 0 Å². The zero-order chi connectivity index (χ0) is 14.5. The Hall–Kier alpha value is -0.681. The molecule has 1 aromatic heterocycles. The topological polar surface area (TPSA) is 103 Å². The average Bonchev–Trinajstić information content (AvgIpc) is 2.83. The van der Waals surface area contributed by atoms with Gasteiger partial charge >= 0.3 is 119 Å². The van der Waals surface area contributed by atoms with Gasteiger partial charge < -0.3 is 0 Å². The van der Waals surface area contributed by atoms with Gasteiger partial charge in [0.15, 0.2) is 0 Å². The van der Waals surface area contributed by atoms with Crippen LogP contribution in [0.3, 0.4) is 0 Å². The van der Waals surface area contributed by atoms with Crippen LogP contribution >= 0.6 is 0 Å². The fourth-order valence-corrected chi connectivity index (χ4v) is 8.09. The number of hydrogen-bond acceptors (Lipinski definition) is 6. The molecule has 0 bridgehead atoms. The van der Waals surface area contributed by atoms with Gasteiger partial charge in [-0.25, -0.2) is 0 Å². The predicted octanol–water partition coefficient (Wildman–Crippen LogP) is -1.09. The molecule has 110 valence electrons. The Morgan fingerprint density at radius 3 is 2.70 bits per heavy atom. The minimum atomic E-state index is -3.03. The number of aromatic nitrogens is 2. The molecule has 2 N–H and O–H groups in total. The van der Waals surface area contributed by atoms with Crippen molar-refractivity contribution in [1.82, 2.24) is 9.55 Å². The molecule has 2 saturated heterocycles. The Bertz CT molecular complexity index is 626. The van der Waals surface area contributed by atoms with Crippen LogP contribution in [0.1, 0.15) is 6.23 Å². The molecule has 1 aromatic rings. The molecule has 3 rings (SSSR count). The Morgan fingerprint density at radius 2 is 2.05 bits per heavy atom. The van der Waals surface area contributed by atoms with Gasteiger partial charge in [-0.15, -0.1) is 0 Å². The number of fused-ring (bicyclic) bond motifs is 1. The number of hydrogen-bond donors (Lipinski definition) is 2. The second-order valence-electron chi connectivity index (χ2n) is 5.33. The molecule has 9 heteroatoms. The average molecular weight is 391 g/mol. The van der Waals surface area contributed by atoms with Gasteiger partial charge in [-0.2, -0.15) is 0 Å². The van der Waals surface area contributed by atoms with Crippen LogP contribution in [-0.2, 0) is 10.9 Å². The van der Waals surface area contributed by atoms with Crippen LogP contribution in [0.2, 0.25) is 9.88 Å². The zero-order valence-corrected chi connectivity index (χ0v) is 14.0. The Balaban J connectivity index is 1.98. The number of aromatic amines is 1. The number of nitrogens with one attached hydrogen (secondary N) is 1. The third-order valence-corrected chi connectivity index (χ3v) is 8.22. The number of ether oxygens (including phenoxy) is 1. The summed E-state index contributed by atoms with van der Waals surface area (Å²) in [5, 5.41) is 9.38. The van der Waals surface area contributed by atoms with Crippen molar-refractivity contribution in [2.45, 2.75) is 34.4 Å². The van der Waals surface area contributed by atoms with Crippen LogP contribution in [0.25, 0.3) is 0 Å². The summed E-state index contributed by atoms with van der Waals surface area (Å²) in [6.07, 6.45) is -0.647. The van der Waals surface area contributed by atoms with Crippen molar-refractivity contribution in [2.75, 3.05) is 6.61 Å². The summed E-state index contributed by atoms with van der Waals surface area (Å²) in [6, 6.07) is 1.25. The van der Waals surface area contributed by atoms with Crippen molar-refractivity contribution < 1.29 is 16.0 Å². The summed E-state index contributed by atoms with van der Waals surface area (Å²) in [4.78, 5) is 29.1. The SMILES string of the molecule is [CH3][Sn]1([CH3])[O]C2[C@@H]([O]1)[C@@H](CO)O[C@H]2n1ccc(=O)[nH]c1=O. The van der Waals surface area contributed by atoms with Crippen molar-refractivity contribution in [1.29, 1.82) is 0 Å². The van der Waals surface area contributed by atoms with Gasteiger partial charge in [0, 0.05) is 0 Å². The molecule has 4 atom stereocenters. The van der Waals surface area contributed by atoms with Crippen molar-refractivity contribution in [3.05, 3.63) is 33.1 Å². The second-order valence-corrected chi connectivity index (χ2v) is 14.7. The summed E-state index contributed by atoms with van der Waals surface area (Å²) in [7, 11) is 0. The van der Waals surface area contributed by atoms with Crippen LogP contribution in [0.15, 0.2) is 21.9 Å². The summed E-state index contributed by atoms with van der Waals surface area (Å²) in [5.41, 5.74) is -1.04. The monoisotopic (exact) mass is 392 g/mol. The Morgan fingerprint density at radius 1 is 1.35 bits per heavy atom. The molecular weight excluding hydrogens is 375 g/mol. The standard InChI is InChI=1S/C9H10N2O6.2CH3.Sn/c12-3-4-6(14)7(15)8(17-4)11-2-1-5(13)10-9(11)16;;;/h1-2,4,6-8,12H,3H2,(H,10,13,16);2*1H3;/q-2;;;+2/t4-,6+,7?,8-;;;/m1.../s1. The van der Waals surface area contributed by atoms with Gasteiger partial charge in [-0.1, -0.05) is 0 Å². The summed E-state index contributed by atoms with van der Waals surface area (Å²) in [6.45, 7) is -0.207. The van der Waals surface area contributed by atoms with Crippen LogP contribution in [0, 0.1) is 0 Å². The van der Waals surface area contributed by atoms with E-state index in [0.717, 1.165) is 0 Å². The van der Waals surface area contributed by atoms with Gasteiger partial charge in [-0.05, 0) is 0 Å². The molecular formula is C11H16N2O6Sn. The van der Waals surface area contributed by atoms with E-state index in [4.69, 9.17) is 10.9 Å². The van der Waals surface area contributed by atoms with E-state index in [9.17, 15) is 14.7 Å². The minimum absolute atomic E-state index is 0.207. The molecule has 0 amide bonds. The van der Waals surface area contributed by atoms with Gasteiger partial charge in [-0.3, -0.25) is 0 Å². The zero-order valence-electron chi connectivity index (χ0n) is 11.1. The number of rotatable bonds is 2. The van der Waals surface area contributed by atoms with E-state index < -0.39 is 48.9 Å². The predicted molar refractivity (Wildman–Crippen MR) is 69.5 cm³/mol. The molecule has 0 aliphatic carbocycles. The molecule has 3 heterocycles. The normalized spacial score (nSPS) is 35.1. The third kappa shape index (κ3) is 2.35. The Labute approximate surface area is 119 Å². The summed E-state index contributed by atoms with van der Waals surface area (Å²) >= 11 is -3.03. The second kappa shape index (κ2) is 4.95. The number of aliphatic hydroxyl groups is 1. The fraction of sp³-hybridized carbons (Fsp3) is 0.636. The number of aliphatic hydroxyl groups excluding tert-OH is 1. The first-order chi connectivity index (χ1) is 9.41. The first kappa shape index (κ1) is 14.3. The molecule has 2 fully saturated rings. The van der Waals surface area contributed by atoms with E-state index in [1.165, 1.54) is 16.8 Å². The van der Waals surface area contributed by atoms with Gasteiger partial charge in [0.2, 0.25) is 0 Å². The molecule has 8 nitrogen and oxygen atoms in total. The van der Waals surface area contributed by atoms with Crippen molar-refractivity contribution in [3.63, 3.8) is 0 Å². The van der Waals surface area contributed by atoms with Crippen molar-refractivity contribution in [3.8, 4) is 0 Å². The molecule has 0 spiro atoms. The van der Waals surface area contributed by atoms with Crippen molar-refractivity contribution >= 4 is 19.2 Å². The van der Waals surface area contributed by atoms with E-state index in [0.29, 0.717) is 0 Å². The number of nitrogens with zero attached hydrogens (tertiary/aromatic N) is 1. The maximum absolute atomic E-state index is 11.9. The molecule has 0 radical (unpaired) electrons. The van der Waals surface area contributed by atoms with Crippen LogP contribution in [0.4, 0.5) is 0 Å². The van der Waals surface area contributed by atoms with E-state index in [-0.39, 0.29) is 12.7 Å². The first-order valence-electron chi connectivity index (χ1n) is 6.35. The quantitative estimate of drug-likeness (QED) is 0.622. The van der Waals surface area contributed by atoms with Gasteiger partial charge in [0.25, 0.3) is 0 Å². The van der Waals surface area contributed by atoms with E-state index in [2.05, 4.69) is 4.98 Å². The van der Waals surface area contributed by atoms with Crippen LogP contribution in [-0.4, -0.2) is 58.8 Å². The molecule has 0 saturated carbocycles. The molecule has 2 aliphatic rings. The number of H-pyrrole nitrogens is 1. The van der Waals surface area contributed by atoms with Gasteiger partial charge in [0.1, 0.15) is 0 Å². The molecule has 1 unspecified atom stereocenters. The molecule has 20 heavy (non-hydrogen) atoms. The van der Waals surface area contributed by atoms with Crippen LogP contribution in [0.5, 0.6) is 0 Å². The summed E-state index contributed by atoms with van der Waals surface area (Å²) < 4.78 is 18.8. The fourth-order valence-electron chi connectivity index (χ4n) is 2.66. The van der Waals surface area contributed by atoms with E-state index in [1.54, 1.807) is 0 Å². The van der Waals surface area contributed by atoms with E-state index in [1.807, 2.05) is 9.88 Å².